The van der Waals surface area contributed by atoms with Crippen LogP contribution in [0.25, 0.3) is 0 Å². The van der Waals surface area contributed by atoms with Crippen molar-refractivity contribution in [3.8, 4) is 11.5 Å². The van der Waals surface area contributed by atoms with Crippen molar-refractivity contribution in [2.75, 3.05) is 0 Å². The van der Waals surface area contributed by atoms with Crippen molar-refractivity contribution >= 4 is 67.9 Å². The van der Waals surface area contributed by atoms with Crippen molar-refractivity contribution in [2.45, 2.75) is 161 Å². The second kappa shape index (κ2) is 17.6. The fourth-order valence-electron chi connectivity index (χ4n) is 8.64. The van der Waals surface area contributed by atoms with Crippen LogP contribution in [0.4, 0.5) is 0 Å². The molecule has 2 rings (SSSR count). The molecule has 0 aromatic heterocycles. The minimum atomic E-state index is -2.10. The van der Waals surface area contributed by atoms with Gasteiger partial charge in [-0.3, -0.25) is 0 Å². The molecule has 0 atom stereocenters. The highest BCUT2D eigenvalue weighted by molar-refractivity contribution is 6.96. The molecule has 7 heteroatoms. The summed E-state index contributed by atoms with van der Waals surface area (Å²) in [6.07, 6.45) is 0. The summed E-state index contributed by atoms with van der Waals surface area (Å²) in [5, 5.41) is 6.35. The lowest BCUT2D eigenvalue weighted by Crippen LogP contribution is -2.55. The van der Waals surface area contributed by atoms with E-state index in [-0.39, 0.29) is 0 Å². The third kappa shape index (κ3) is 7.44. The van der Waals surface area contributed by atoms with Gasteiger partial charge in [0.15, 0.2) is 0 Å². The first-order valence-electron chi connectivity index (χ1n) is 18.7. The minimum Gasteiger partial charge on any atom is -0.612 e. The van der Waals surface area contributed by atoms with Crippen molar-refractivity contribution in [3.05, 3.63) is 36.4 Å². The SMILES string of the molecule is CC[Si](CC)(CC)c1cccc([Si](CC)(CC)CC)c1[O][Al]([CH3])[O]c1c([Si](CC)(CC)CC)cccc1[Si](CC)(CC)CC. The fraction of sp³-hybridized carbons (Fsp3) is 0.676. The molecule has 0 spiro atoms. The molecule has 44 heavy (non-hydrogen) atoms. The van der Waals surface area contributed by atoms with E-state index in [1.54, 1.807) is 20.7 Å². The highest BCUT2D eigenvalue weighted by Gasteiger charge is 2.43. The first kappa shape index (κ1) is 39.6. The van der Waals surface area contributed by atoms with E-state index >= 15 is 0 Å². The van der Waals surface area contributed by atoms with Crippen LogP contribution in [0.15, 0.2) is 36.4 Å². The van der Waals surface area contributed by atoms with Gasteiger partial charge in [0.1, 0.15) is 0 Å². The molecule has 0 saturated heterocycles. The molecule has 0 heterocycles. The number of rotatable bonds is 20. The van der Waals surface area contributed by atoms with Gasteiger partial charge in [0.05, 0.1) is 43.8 Å². The monoisotopic (exact) mass is 684 g/mol. The molecule has 0 fully saturated rings. The van der Waals surface area contributed by atoms with Gasteiger partial charge in [0.2, 0.25) is 0 Å². The summed E-state index contributed by atoms with van der Waals surface area (Å²) in [7, 11) is -6.74. The zero-order valence-corrected chi connectivity index (χ0v) is 36.5. The van der Waals surface area contributed by atoms with E-state index in [1.807, 2.05) is 0 Å². The standard InChI is InChI=1S/2C18H34OSi2.CH3.Al/c2*1-7-20(8-2,9-3)16-14-13-15-17(18(16)19)21(10-4,11-5)12-6;;/h2*13-15,19H,7-12H2,1-6H3;1H3;/q;;;+2/p-2. The Hall–Kier alpha value is -0.560. The predicted molar refractivity (Wildman–Crippen MR) is 213 cm³/mol. The van der Waals surface area contributed by atoms with E-state index in [2.05, 4.69) is 125 Å². The highest BCUT2D eigenvalue weighted by atomic mass is 28.3. The summed E-state index contributed by atoms with van der Waals surface area (Å²) in [6, 6.07) is 29.9. The normalized spacial score (nSPS) is 12.8. The summed E-state index contributed by atoms with van der Waals surface area (Å²) in [5.41, 5.74) is 0. The smallest absolute Gasteiger partial charge is 0.612 e. The molecular formula is C37H69AlO2Si4. The lowest BCUT2D eigenvalue weighted by Gasteiger charge is -2.39. The molecule has 2 aromatic rings. The van der Waals surface area contributed by atoms with Crippen LogP contribution in [-0.4, -0.2) is 47.1 Å². The van der Waals surface area contributed by atoms with Crippen molar-refractivity contribution in [1.82, 2.24) is 0 Å². The Morgan fingerprint density at radius 3 is 0.727 bits per heavy atom. The van der Waals surface area contributed by atoms with Gasteiger partial charge in [-0.05, 0) is 26.5 Å². The quantitative estimate of drug-likeness (QED) is 0.129. The third-order valence-electron chi connectivity index (χ3n) is 13.0. The zero-order valence-electron chi connectivity index (χ0n) is 31.3. The lowest BCUT2D eigenvalue weighted by molar-refractivity contribution is 0.437. The van der Waals surface area contributed by atoms with Gasteiger partial charge in [-0.25, -0.2) is 0 Å². The Kier molecular flexibility index (Phi) is 15.8. The van der Waals surface area contributed by atoms with Crippen LogP contribution in [0.3, 0.4) is 0 Å². The lowest BCUT2D eigenvalue weighted by atomic mass is 10.3. The zero-order chi connectivity index (χ0) is 33.2. The van der Waals surface area contributed by atoms with E-state index in [0.717, 1.165) is 0 Å². The predicted octanol–water partition coefficient (Wildman–Crippen LogP) is 10.1. The molecular weight excluding hydrogens is 616 g/mol. The highest BCUT2D eigenvalue weighted by Crippen LogP contribution is 2.32. The van der Waals surface area contributed by atoms with Crippen LogP contribution in [-0.2, 0) is 0 Å². The minimum absolute atomic E-state index is 1.28. The molecule has 0 bridgehead atoms. The molecule has 0 N–H and O–H groups in total. The van der Waals surface area contributed by atoms with Crippen LogP contribution >= 0.6 is 0 Å². The van der Waals surface area contributed by atoms with Gasteiger partial charge < -0.3 is 7.58 Å². The molecule has 0 aliphatic carbocycles. The Balaban J connectivity index is 2.89. The van der Waals surface area contributed by atoms with Gasteiger partial charge in [-0.15, -0.1) is 0 Å². The molecule has 2 aromatic carbocycles. The molecule has 0 amide bonds. The Labute approximate surface area is 283 Å². The Morgan fingerprint density at radius 1 is 0.386 bits per heavy atom. The second-order valence-corrected chi connectivity index (χ2v) is 36.0. The molecule has 2 nitrogen and oxygen atoms in total. The Bertz CT molecular complexity index is 955. The van der Waals surface area contributed by atoms with E-state index in [1.165, 1.54) is 84.0 Å². The van der Waals surface area contributed by atoms with Crippen LogP contribution in [0, 0.1) is 0 Å². The van der Waals surface area contributed by atoms with E-state index in [9.17, 15) is 0 Å². The van der Waals surface area contributed by atoms with Gasteiger partial charge in [-0.2, -0.15) is 0 Å². The average Bonchev–Trinajstić information content (AvgIpc) is 3.07. The summed E-state index contributed by atoms with van der Waals surface area (Å²) in [5.74, 6) is 4.91. The number of para-hydroxylation sites is 2. The van der Waals surface area contributed by atoms with Gasteiger partial charge in [0.25, 0.3) is 0 Å². The van der Waals surface area contributed by atoms with Crippen LogP contribution in [0.2, 0.25) is 78.3 Å². The van der Waals surface area contributed by atoms with Crippen molar-refractivity contribution in [3.63, 3.8) is 0 Å². The first-order chi connectivity index (χ1) is 21.1. The van der Waals surface area contributed by atoms with Crippen molar-refractivity contribution < 1.29 is 7.58 Å². The maximum absolute atomic E-state index is 7.46. The molecule has 0 saturated carbocycles. The van der Waals surface area contributed by atoms with Crippen LogP contribution < -0.4 is 28.3 Å². The van der Waals surface area contributed by atoms with Crippen molar-refractivity contribution in [1.29, 1.82) is 0 Å². The molecule has 0 aliphatic heterocycles. The molecule has 0 unspecified atom stereocenters. The molecule has 0 aliphatic rings. The fourth-order valence-corrected chi connectivity index (χ4v) is 25.7. The number of hydrogen-bond donors (Lipinski definition) is 0. The summed E-state index contributed by atoms with van der Waals surface area (Å²) < 4.78 is 14.9. The first-order valence-corrected chi connectivity index (χ1v) is 31.3. The maximum atomic E-state index is 7.46. The maximum Gasteiger partial charge on any atom is 0.853 e. The Morgan fingerprint density at radius 2 is 0.568 bits per heavy atom. The number of benzene rings is 2. The van der Waals surface area contributed by atoms with E-state index < -0.39 is 47.1 Å². The van der Waals surface area contributed by atoms with Gasteiger partial charge in [0, 0.05) is 0 Å². The van der Waals surface area contributed by atoms with Crippen molar-refractivity contribution in [2.24, 2.45) is 0 Å². The van der Waals surface area contributed by atoms with Gasteiger partial charge >= 0.3 is 14.8 Å². The second-order valence-electron chi connectivity index (χ2n) is 13.5. The molecule has 248 valence electrons. The molecule has 0 radical (unpaired) electrons. The van der Waals surface area contributed by atoms with Crippen LogP contribution in [0.5, 0.6) is 11.5 Å². The summed E-state index contributed by atoms with van der Waals surface area (Å²) in [4.78, 5) is 0. The third-order valence-corrected chi connectivity index (χ3v) is 36.5. The van der Waals surface area contributed by atoms with Crippen LogP contribution in [0.1, 0.15) is 83.1 Å². The topological polar surface area (TPSA) is 18.5 Å². The largest absolute Gasteiger partial charge is 0.853 e. The summed E-state index contributed by atoms with van der Waals surface area (Å²) in [6.45, 7) is 29.3. The van der Waals surface area contributed by atoms with Gasteiger partial charge in [-0.1, -0.05) is 192 Å². The van der Waals surface area contributed by atoms with E-state index in [4.69, 9.17) is 7.58 Å². The number of hydrogen-bond acceptors (Lipinski definition) is 2. The van der Waals surface area contributed by atoms with E-state index in [0.29, 0.717) is 0 Å². The average molecular weight is 685 g/mol. The summed E-state index contributed by atoms with van der Waals surface area (Å²) >= 11 is -2.10.